The Morgan fingerprint density at radius 1 is 1.06 bits per heavy atom. The van der Waals surface area contributed by atoms with Gasteiger partial charge in [-0.05, 0) is 42.3 Å². The maximum Gasteiger partial charge on any atom is 0.420 e. The number of aromatic nitrogens is 2. The van der Waals surface area contributed by atoms with Crippen LogP contribution in [-0.4, -0.2) is 22.7 Å². The van der Waals surface area contributed by atoms with Crippen molar-refractivity contribution in [2.45, 2.75) is 12.6 Å². The molecule has 0 saturated heterocycles. The first kappa shape index (κ1) is 24.6. The Bertz CT molecular complexity index is 1220. The van der Waals surface area contributed by atoms with E-state index in [1.807, 2.05) is 0 Å². The average Bonchev–Trinajstić information content (AvgIpc) is 2.80. The number of nitrogens with one attached hydrogen (secondary N) is 2. The molecule has 0 aliphatic heterocycles. The van der Waals surface area contributed by atoms with E-state index in [0.717, 1.165) is 30.1 Å². The van der Waals surface area contributed by atoms with E-state index in [9.17, 15) is 27.2 Å². The molecule has 3 aromatic rings. The first-order valence-corrected chi connectivity index (χ1v) is 9.82. The minimum absolute atomic E-state index is 0.0643. The van der Waals surface area contributed by atoms with Crippen molar-refractivity contribution in [2.24, 2.45) is 0 Å². The van der Waals surface area contributed by atoms with Crippen LogP contribution in [0, 0.1) is 16.8 Å². The van der Waals surface area contributed by atoms with E-state index < -0.39 is 29.1 Å². The van der Waals surface area contributed by atoms with Crippen LogP contribution in [0.3, 0.4) is 0 Å². The maximum absolute atomic E-state index is 14.2. The van der Waals surface area contributed by atoms with Crippen molar-refractivity contribution in [1.82, 2.24) is 15.4 Å². The van der Waals surface area contributed by atoms with Crippen LogP contribution in [0.1, 0.15) is 5.56 Å². The number of rotatable bonds is 9. The van der Waals surface area contributed by atoms with E-state index in [-0.39, 0.29) is 22.5 Å². The van der Waals surface area contributed by atoms with Gasteiger partial charge in [0.2, 0.25) is 0 Å². The lowest BCUT2D eigenvalue weighted by Gasteiger charge is -2.17. The summed E-state index contributed by atoms with van der Waals surface area (Å²) in [5.74, 6) is -1.86. The molecule has 6 nitrogen and oxygen atoms in total. The highest BCUT2D eigenvalue weighted by molar-refractivity contribution is 5.89. The summed E-state index contributed by atoms with van der Waals surface area (Å²) < 4.78 is 73.0. The highest BCUT2D eigenvalue weighted by Crippen LogP contribution is 2.32. The number of hydrogen-bond donors (Lipinski definition) is 2. The van der Waals surface area contributed by atoms with Crippen molar-refractivity contribution < 1.29 is 26.7 Å². The van der Waals surface area contributed by atoms with Crippen molar-refractivity contribution >= 4 is 16.7 Å². The first-order valence-electron chi connectivity index (χ1n) is 9.82. The lowest BCUT2D eigenvalue weighted by atomic mass is 10.1. The Labute approximate surface area is 191 Å². The summed E-state index contributed by atoms with van der Waals surface area (Å²) in [6.07, 6.45) is -1.05. The molecule has 0 aliphatic rings. The molecule has 3 rings (SSSR count). The van der Waals surface area contributed by atoms with Crippen LogP contribution in [0.15, 0.2) is 79.0 Å². The van der Waals surface area contributed by atoms with Crippen molar-refractivity contribution in [3.8, 4) is 5.75 Å². The topological polar surface area (TPSA) is 82.1 Å². The molecule has 0 saturated carbocycles. The van der Waals surface area contributed by atoms with Gasteiger partial charge in [0.1, 0.15) is 35.0 Å². The molecule has 1 aromatic heterocycles. The molecule has 2 aromatic carbocycles. The molecular formula is C23H18F5N4O2-. The highest BCUT2D eigenvalue weighted by atomic mass is 19.4. The zero-order valence-electron chi connectivity index (χ0n) is 17.5. The van der Waals surface area contributed by atoms with Crippen LogP contribution < -0.4 is 15.5 Å². The Balaban J connectivity index is 1.68. The van der Waals surface area contributed by atoms with Crippen LogP contribution in [0.25, 0.3) is 10.9 Å². The minimum Gasteiger partial charge on any atom is -0.761 e. The van der Waals surface area contributed by atoms with Gasteiger partial charge in [0, 0.05) is 12.7 Å². The molecule has 178 valence electrons. The van der Waals surface area contributed by atoms with Crippen LogP contribution >= 0.6 is 0 Å². The predicted molar refractivity (Wildman–Crippen MR) is 118 cm³/mol. The Morgan fingerprint density at radius 3 is 2.41 bits per heavy atom. The first-order chi connectivity index (χ1) is 16.2. The molecule has 0 spiro atoms. The minimum atomic E-state index is -4.77. The third-order valence-corrected chi connectivity index (χ3v) is 4.59. The maximum atomic E-state index is 14.2. The second-order valence-electron chi connectivity index (χ2n) is 6.84. The normalized spacial score (nSPS) is 12.5. The molecule has 0 aliphatic carbocycles. The molecule has 1 heterocycles. The van der Waals surface area contributed by atoms with Crippen molar-refractivity contribution in [2.75, 3.05) is 11.9 Å². The van der Waals surface area contributed by atoms with E-state index in [1.165, 1.54) is 17.6 Å². The summed E-state index contributed by atoms with van der Waals surface area (Å²) in [4.78, 5) is 7.73. The number of hydrogen-bond acceptors (Lipinski definition) is 6. The van der Waals surface area contributed by atoms with Crippen LogP contribution in [0.5, 0.6) is 5.75 Å². The molecule has 0 bridgehead atoms. The smallest absolute Gasteiger partial charge is 0.420 e. The predicted octanol–water partition coefficient (Wildman–Crippen LogP) is 5.54. The number of hydroxylamine groups is 1. The zero-order chi connectivity index (χ0) is 24.7. The number of benzene rings is 2. The fraction of sp³-hybridized carbons (Fsp3) is 0.130. The largest absolute Gasteiger partial charge is 0.761 e. The quantitative estimate of drug-likeness (QED) is 0.182. The van der Waals surface area contributed by atoms with Crippen molar-refractivity contribution in [3.05, 3.63) is 101 Å². The summed E-state index contributed by atoms with van der Waals surface area (Å²) in [5, 5.41) is 13.6. The molecule has 0 atom stereocenters. The van der Waals surface area contributed by atoms with Crippen LogP contribution in [-0.2, 0) is 6.42 Å². The van der Waals surface area contributed by atoms with Gasteiger partial charge >= 0.3 is 6.18 Å². The number of allylic oxidation sites excluding steroid dienone is 3. The molecule has 2 N–H and O–H groups in total. The van der Waals surface area contributed by atoms with E-state index in [2.05, 4.69) is 21.9 Å². The van der Waals surface area contributed by atoms with Crippen LogP contribution in [0.2, 0.25) is 0 Å². The van der Waals surface area contributed by atoms with Gasteiger partial charge in [0.05, 0.1) is 11.0 Å². The lowest BCUT2D eigenvalue weighted by Crippen LogP contribution is -2.18. The average molecular weight is 477 g/mol. The number of fused-ring (bicyclic) bond motifs is 1. The zero-order valence-corrected chi connectivity index (χ0v) is 17.5. The molecular weight excluding hydrogens is 459 g/mol. The van der Waals surface area contributed by atoms with E-state index in [1.54, 1.807) is 12.1 Å². The van der Waals surface area contributed by atoms with Gasteiger partial charge in [-0.15, -0.1) is 0 Å². The molecule has 0 fully saturated rings. The summed E-state index contributed by atoms with van der Waals surface area (Å²) >= 11 is 0. The van der Waals surface area contributed by atoms with Gasteiger partial charge in [-0.3, -0.25) is 0 Å². The van der Waals surface area contributed by atoms with Crippen LogP contribution in [0.4, 0.5) is 27.8 Å². The van der Waals surface area contributed by atoms with Gasteiger partial charge < -0.3 is 20.7 Å². The second-order valence-corrected chi connectivity index (χ2v) is 6.84. The fourth-order valence-electron chi connectivity index (χ4n) is 3.06. The summed E-state index contributed by atoms with van der Waals surface area (Å²) in [6.45, 7) is 3.54. The second kappa shape index (κ2) is 10.8. The molecule has 0 radical (unpaired) electrons. The standard InChI is InChI=1S/C23H18F5N4O2/c1-2-3-16(23(26,27)28)19(12-32-33)34-15-6-4-14(5-7-15)10-11-29-22-20-17(24)8-9-18(25)21(20)30-13-31-22/h2-9,12-13,32H,1,10-11H2,(H,29,30,31)/q-1/b16-3+,19-12+. The number of alkyl halides is 3. The van der Waals surface area contributed by atoms with Gasteiger partial charge in [0.15, 0.2) is 5.76 Å². The molecule has 34 heavy (non-hydrogen) atoms. The van der Waals surface area contributed by atoms with E-state index in [4.69, 9.17) is 4.74 Å². The third kappa shape index (κ3) is 5.87. The van der Waals surface area contributed by atoms with Gasteiger partial charge in [0.25, 0.3) is 0 Å². The molecule has 11 heteroatoms. The Kier molecular flexibility index (Phi) is 7.79. The number of halogens is 5. The van der Waals surface area contributed by atoms with Crippen molar-refractivity contribution in [1.29, 1.82) is 0 Å². The SMILES string of the molecule is C=C/C=C(\C(=C/N[O-])Oc1ccc(CCNc2ncnc3c(F)ccc(F)c23)cc1)C(F)(F)F. The number of anilines is 1. The van der Waals surface area contributed by atoms with Gasteiger partial charge in [-0.1, -0.05) is 24.8 Å². The third-order valence-electron chi connectivity index (χ3n) is 4.59. The Morgan fingerprint density at radius 2 is 1.76 bits per heavy atom. The monoisotopic (exact) mass is 477 g/mol. The van der Waals surface area contributed by atoms with Gasteiger partial charge in [-0.2, -0.15) is 13.2 Å². The number of nitrogens with zero attached hydrogens (tertiary/aromatic N) is 2. The van der Waals surface area contributed by atoms with E-state index >= 15 is 0 Å². The Hall–Kier alpha value is -3.99. The number of ether oxygens (including phenoxy) is 1. The van der Waals surface area contributed by atoms with Gasteiger partial charge in [-0.25, -0.2) is 18.7 Å². The van der Waals surface area contributed by atoms with Crippen molar-refractivity contribution in [3.63, 3.8) is 0 Å². The summed E-state index contributed by atoms with van der Waals surface area (Å²) in [5.41, 5.74) is 0.746. The lowest BCUT2D eigenvalue weighted by molar-refractivity contribution is -0.0920. The summed E-state index contributed by atoms with van der Waals surface area (Å²) in [7, 11) is 0. The fourth-order valence-corrected chi connectivity index (χ4v) is 3.06. The van der Waals surface area contributed by atoms with E-state index in [0.29, 0.717) is 25.2 Å². The molecule has 0 unspecified atom stereocenters. The highest BCUT2D eigenvalue weighted by Gasteiger charge is 2.37. The molecule has 0 amide bonds. The summed E-state index contributed by atoms with van der Waals surface area (Å²) in [6, 6.07) is 8.07.